The molecule has 0 bridgehead atoms. The molecule has 0 spiro atoms. The lowest BCUT2D eigenvalue weighted by Crippen LogP contribution is -2.25. The molecule has 146 valence electrons. The number of para-hydroxylation sites is 1. The van der Waals surface area contributed by atoms with Gasteiger partial charge in [-0.15, -0.1) is 0 Å². The Morgan fingerprint density at radius 2 is 2.10 bits per heavy atom. The van der Waals surface area contributed by atoms with E-state index in [0.29, 0.717) is 18.8 Å². The Hall–Kier alpha value is -3.19. The zero-order valence-corrected chi connectivity index (χ0v) is 17.0. The summed E-state index contributed by atoms with van der Waals surface area (Å²) in [6, 6.07) is 16.0. The van der Waals surface area contributed by atoms with Crippen LogP contribution in [0.25, 0.3) is 15.3 Å². The molecule has 1 aliphatic rings. The maximum Gasteiger partial charge on any atom is 0.226 e. The quantitative estimate of drug-likeness (QED) is 0.537. The molecule has 1 N–H and O–H groups in total. The minimum Gasteiger partial charge on any atom is -0.494 e. The topological polar surface area (TPSA) is 69.0 Å². The third kappa shape index (κ3) is 3.07. The molecular formula is C22H20N4O2S. The predicted octanol–water partition coefficient (Wildman–Crippen LogP) is 4.66. The molecule has 3 heterocycles. The van der Waals surface area contributed by atoms with Gasteiger partial charge in [0.05, 0.1) is 22.5 Å². The van der Waals surface area contributed by atoms with E-state index in [1.807, 2.05) is 62.4 Å². The summed E-state index contributed by atoms with van der Waals surface area (Å²) in [5, 5.41) is 8.52. The van der Waals surface area contributed by atoms with E-state index in [1.165, 1.54) is 0 Å². The standard InChI is InChI=1S/C22H20N4O2S/c1-3-28-15-8-6-7-14(11-15)16-12-19(27)24-21-20(16)13(2)25-26(21)22-23-17-9-4-5-10-18(17)29-22/h4-11,16H,3,12H2,1-2H3,(H,24,27)/t16-/m0/s1. The van der Waals surface area contributed by atoms with Gasteiger partial charge in [-0.25, -0.2) is 4.98 Å². The number of carbonyl (C=O) groups is 1. The molecule has 5 rings (SSSR count). The molecule has 0 aliphatic carbocycles. The van der Waals surface area contributed by atoms with E-state index < -0.39 is 0 Å². The van der Waals surface area contributed by atoms with Gasteiger partial charge in [-0.05, 0) is 43.7 Å². The molecule has 29 heavy (non-hydrogen) atoms. The zero-order valence-electron chi connectivity index (χ0n) is 16.2. The largest absolute Gasteiger partial charge is 0.494 e. The molecule has 0 saturated heterocycles. The average Bonchev–Trinajstić information content (AvgIpc) is 3.29. The highest BCUT2D eigenvalue weighted by atomic mass is 32.1. The van der Waals surface area contributed by atoms with Crippen LogP contribution in [0.5, 0.6) is 5.75 Å². The Labute approximate surface area is 172 Å². The van der Waals surface area contributed by atoms with Crippen molar-refractivity contribution >= 4 is 33.3 Å². The molecule has 7 heteroatoms. The number of benzene rings is 2. The van der Waals surface area contributed by atoms with Crippen LogP contribution in [0.1, 0.15) is 36.1 Å². The zero-order chi connectivity index (χ0) is 20.0. The van der Waals surface area contributed by atoms with Crippen LogP contribution in [0.15, 0.2) is 48.5 Å². The van der Waals surface area contributed by atoms with Crippen molar-refractivity contribution < 1.29 is 9.53 Å². The first-order valence-corrected chi connectivity index (χ1v) is 10.4. The van der Waals surface area contributed by atoms with Crippen molar-refractivity contribution in [2.45, 2.75) is 26.2 Å². The number of fused-ring (bicyclic) bond motifs is 2. The van der Waals surface area contributed by atoms with Crippen molar-refractivity contribution in [3.8, 4) is 10.9 Å². The highest BCUT2D eigenvalue weighted by Crippen LogP contribution is 2.41. The number of anilines is 1. The van der Waals surface area contributed by atoms with Gasteiger partial charge in [-0.3, -0.25) is 4.79 Å². The number of carbonyl (C=O) groups excluding carboxylic acids is 1. The van der Waals surface area contributed by atoms with Crippen LogP contribution < -0.4 is 10.1 Å². The van der Waals surface area contributed by atoms with Crippen LogP contribution >= 0.6 is 11.3 Å². The van der Waals surface area contributed by atoms with E-state index in [4.69, 9.17) is 14.8 Å². The number of nitrogens with zero attached hydrogens (tertiary/aromatic N) is 3. The predicted molar refractivity (Wildman–Crippen MR) is 114 cm³/mol. The molecule has 1 atom stereocenters. The van der Waals surface area contributed by atoms with Crippen LogP contribution in [0.4, 0.5) is 5.82 Å². The summed E-state index contributed by atoms with van der Waals surface area (Å²) >= 11 is 1.56. The second-order valence-corrected chi connectivity index (χ2v) is 8.04. The molecule has 1 aliphatic heterocycles. The van der Waals surface area contributed by atoms with Crippen LogP contribution in [-0.2, 0) is 4.79 Å². The molecule has 1 amide bonds. The number of aromatic nitrogens is 3. The first-order valence-electron chi connectivity index (χ1n) is 9.62. The molecule has 6 nitrogen and oxygen atoms in total. The molecule has 0 unspecified atom stereocenters. The van der Waals surface area contributed by atoms with Gasteiger partial charge in [-0.1, -0.05) is 35.6 Å². The minimum atomic E-state index is -0.0673. The average molecular weight is 404 g/mol. The summed E-state index contributed by atoms with van der Waals surface area (Å²) in [6.45, 7) is 4.55. The van der Waals surface area contributed by atoms with Crippen molar-refractivity contribution in [1.82, 2.24) is 14.8 Å². The van der Waals surface area contributed by atoms with E-state index in [9.17, 15) is 4.79 Å². The summed E-state index contributed by atoms with van der Waals surface area (Å²) in [5.41, 5.74) is 3.92. The van der Waals surface area contributed by atoms with Crippen molar-refractivity contribution in [3.63, 3.8) is 0 Å². The smallest absolute Gasteiger partial charge is 0.226 e. The third-order valence-corrected chi connectivity index (χ3v) is 6.15. The van der Waals surface area contributed by atoms with Crippen LogP contribution in [0.2, 0.25) is 0 Å². The number of hydrogen-bond donors (Lipinski definition) is 1. The van der Waals surface area contributed by atoms with Crippen LogP contribution in [0, 0.1) is 6.92 Å². The summed E-state index contributed by atoms with van der Waals surface area (Å²) in [4.78, 5) is 17.3. The van der Waals surface area contributed by atoms with Crippen molar-refractivity contribution in [2.24, 2.45) is 0 Å². The highest BCUT2D eigenvalue weighted by Gasteiger charge is 2.33. The fourth-order valence-corrected chi connectivity index (χ4v) is 4.83. The maximum atomic E-state index is 12.6. The van der Waals surface area contributed by atoms with E-state index in [-0.39, 0.29) is 11.8 Å². The molecule has 4 aromatic rings. The second kappa shape index (κ2) is 7.00. The fraction of sp³-hybridized carbons (Fsp3) is 0.227. The van der Waals surface area contributed by atoms with E-state index >= 15 is 0 Å². The van der Waals surface area contributed by atoms with Crippen molar-refractivity contribution in [2.75, 3.05) is 11.9 Å². The SMILES string of the molecule is CCOc1cccc([C@@H]2CC(=O)Nc3c2c(C)nn3-c2nc3ccccc3s2)c1. The summed E-state index contributed by atoms with van der Waals surface area (Å²) in [6.07, 6.45) is 0.384. The van der Waals surface area contributed by atoms with Crippen molar-refractivity contribution in [1.29, 1.82) is 0 Å². The third-order valence-electron chi connectivity index (χ3n) is 5.14. The lowest BCUT2D eigenvalue weighted by Gasteiger charge is -2.24. The highest BCUT2D eigenvalue weighted by molar-refractivity contribution is 7.20. The number of hydrogen-bond acceptors (Lipinski definition) is 5. The first kappa shape index (κ1) is 17.9. The van der Waals surface area contributed by atoms with Crippen LogP contribution in [-0.4, -0.2) is 27.3 Å². The van der Waals surface area contributed by atoms with Gasteiger partial charge in [0.15, 0.2) is 0 Å². The maximum absolute atomic E-state index is 12.6. The minimum absolute atomic E-state index is 0.0217. The number of rotatable bonds is 4. The van der Waals surface area contributed by atoms with Crippen molar-refractivity contribution in [3.05, 3.63) is 65.4 Å². The number of aryl methyl sites for hydroxylation is 1. The fourth-order valence-electron chi connectivity index (χ4n) is 3.91. The number of nitrogens with one attached hydrogen (secondary N) is 1. The number of ether oxygens (including phenoxy) is 1. The summed E-state index contributed by atoms with van der Waals surface area (Å²) in [5.74, 6) is 1.44. The number of thiazole rings is 1. The normalized spacial score (nSPS) is 15.9. The van der Waals surface area contributed by atoms with E-state index in [1.54, 1.807) is 16.0 Å². The van der Waals surface area contributed by atoms with Gasteiger partial charge in [0.1, 0.15) is 11.6 Å². The van der Waals surface area contributed by atoms with Gasteiger partial charge < -0.3 is 10.1 Å². The van der Waals surface area contributed by atoms with Crippen LogP contribution in [0.3, 0.4) is 0 Å². The summed E-state index contributed by atoms with van der Waals surface area (Å²) < 4.78 is 8.52. The molecule has 2 aromatic heterocycles. The Kier molecular flexibility index (Phi) is 4.32. The Balaban J connectivity index is 1.63. The molecule has 2 aromatic carbocycles. The van der Waals surface area contributed by atoms with Gasteiger partial charge in [0.2, 0.25) is 11.0 Å². The Morgan fingerprint density at radius 1 is 1.24 bits per heavy atom. The Bertz CT molecular complexity index is 1190. The molecule has 0 fully saturated rings. The first-order chi connectivity index (χ1) is 14.1. The monoisotopic (exact) mass is 404 g/mol. The van der Waals surface area contributed by atoms with Gasteiger partial charge in [0, 0.05) is 17.9 Å². The summed E-state index contributed by atoms with van der Waals surface area (Å²) in [7, 11) is 0. The molecular weight excluding hydrogens is 384 g/mol. The van der Waals surface area contributed by atoms with Gasteiger partial charge >= 0.3 is 0 Å². The number of amides is 1. The Morgan fingerprint density at radius 3 is 2.93 bits per heavy atom. The van der Waals surface area contributed by atoms with E-state index in [2.05, 4.69) is 5.32 Å². The lowest BCUT2D eigenvalue weighted by molar-refractivity contribution is -0.116. The van der Waals surface area contributed by atoms with Gasteiger partial charge in [-0.2, -0.15) is 9.78 Å². The van der Waals surface area contributed by atoms with Gasteiger partial charge in [0.25, 0.3) is 0 Å². The molecule has 0 radical (unpaired) electrons. The molecule has 0 saturated carbocycles. The lowest BCUT2D eigenvalue weighted by atomic mass is 9.86. The van der Waals surface area contributed by atoms with E-state index in [0.717, 1.165) is 37.9 Å². The second-order valence-electron chi connectivity index (χ2n) is 7.03.